The Morgan fingerprint density at radius 3 is 2.74 bits per heavy atom. The standard InChI is InChI=1S/C16H20N6S/c1-2-21-15(13-6-9-18-10-7-13)19-22(16(21)23)12-20(11-3-8-17)14-4-5-14/h6-7,9-10,14H,2-5,11-12H2,1H3. The van der Waals surface area contributed by atoms with Crippen molar-refractivity contribution >= 4 is 12.2 Å². The van der Waals surface area contributed by atoms with Gasteiger partial charge in [0.25, 0.3) is 0 Å². The Bertz CT molecular complexity index is 753. The quantitative estimate of drug-likeness (QED) is 0.731. The third-order valence-corrected chi connectivity index (χ3v) is 4.50. The van der Waals surface area contributed by atoms with Gasteiger partial charge in [-0.3, -0.25) is 9.88 Å². The number of rotatable bonds is 7. The Labute approximate surface area is 141 Å². The summed E-state index contributed by atoms with van der Waals surface area (Å²) in [6.45, 7) is 4.27. The predicted octanol–water partition coefficient (Wildman–Crippen LogP) is 2.83. The zero-order valence-corrected chi connectivity index (χ0v) is 14.0. The fourth-order valence-electron chi connectivity index (χ4n) is 2.71. The summed E-state index contributed by atoms with van der Waals surface area (Å²) in [5, 5.41) is 13.6. The third kappa shape index (κ3) is 3.49. The first kappa shape index (κ1) is 15.8. The van der Waals surface area contributed by atoms with Gasteiger partial charge < -0.3 is 4.57 Å². The maximum absolute atomic E-state index is 8.84. The number of nitriles is 1. The van der Waals surface area contributed by atoms with E-state index < -0.39 is 0 Å². The minimum atomic E-state index is 0.537. The summed E-state index contributed by atoms with van der Waals surface area (Å²) in [5.41, 5.74) is 1.02. The Morgan fingerprint density at radius 2 is 2.13 bits per heavy atom. The zero-order chi connectivity index (χ0) is 16.2. The van der Waals surface area contributed by atoms with Gasteiger partial charge in [0, 0.05) is 43.5 Å². The highest BCUT2D eigenvalue weighted by Gasteiger charge is 2.29. The molecule has 0 aliphatic heterocycles. The van der Waals surface area contributed by atoms with Crippen LogP contribution in [0.5, 0.6) is 0 Å². The van der Waals surface area contributed by atoms with E-state index in [4.69, 9.17) is 22.6 Å². The van der Waals surface area contributed by atoms with Crippen LogP contribution >= 0.6 is 12.2 Å². The van der Waals surface area contributed by atoms with E-state index >= 15 is 0 Å². The van der Waals surface area contributed by atoms with E-state index in [1.807, 2.05) is 21.4 Å². The second-order valence-corrected chi connectivity index (χ2v) is 6.04. The molecule has 0 saturated heterocycles. The molecule has 2 aromatic rings. The van der Waals surface area contributed by atoms with Gasteiger partial charge in [-0.1, -0.05) is 0 Å². The second-order valence-electron chi connectivity index (χ2n) is 5.68. The molecule has 2 aromatic heterocycles. The van der Waals surface area contributed by atoms with Crippen LogP contribution in [0.4, 0.5) is 0 Å². The molecule has 3 rings (SSSR count). The fourth-order valence-corrected chi connectivity index (χ4v) is 3.02. The summed E-state index contributed by atoms with van der Waals surface area (Å²) >= 11 is 5.61. The van der Waals surface area contributed by atoms with E-state index in [9.17, 15) is 0 Å². The molecule has 120 valence electrons. The van der Waals surface area contributed by atoms with Gasteiger partial charge in [-0.25, -0.2) is 4.68 Å². The first-order valence-electron chi connectivity index (χ1n) is 7.93. The molecule has 0 N–H and O–H groups in total. The third-order valence-electron chi connectivity index (χ3n) is 4.07. The summed E-state index contributed by atoms with van der Waals surface area (Å²) in [4.78, 5) is 6.37. The van der Waals surface area contributed by atoms with Gasteiger partial charge >= 0.3 is 0 Å². The van der Waals surface area contributed by atoms with Crippen LogP contribution in [-0.4, -0.2) is 36.8 Å². The van der Waals surface area contributed by atoms with E-state index in [2.05, 4.69) is 22.9 Å². The number of hydrogen-bond donors (Lipinski definition) is 0. The molecule has 6 nitrogen and oxygen atoms in total. The highest BCUT2D eigenvalue weighted by molar-refractivity contribution is 7.71. The predicted molar refractivity (Wildman–Crippen MR) is 89.9 cm³/mol. The smallest absolute Gasteiger partial charge is 0.199 e. The van der Waals surface area contributed by atoms with Gasteiger partial charge in [0.1, 0.15) is 0 Å². The highest BCUT2D eigenvalue weighted by atomic mass is 32.1. The van der Waals surface area contributed by atoms with E-state index in [-0.39, 0.29) is 0 Å². The minimum Gasteiger partial charge on any atom is -0.300 e. The van der Waals surface area contributed by atoms with Gasteiger partial charge in [0.15, 0.2) is 10.6 Å². The molecule has 0 spiro atoms. The topological polar surface area (TPSA) is 62.7 Å². The van der Waals surface area contributed by atoms with E-state index in [1.165, 1.54) is 12.8 Å². The number of pyridine rings is 1. The van der Waals surface area contributed by atoms with Crippen molar-refractivity contribution in [1.82, 2.24) is 24.2 Å². The van der Waals surface area contributed by atoms with Crippen molar-refractivity contribution in [2.24, 2.45) is 0 Å². The molecule has 1 aliphatic rings. The Kier molecular flexibility index (Phi) is 4.84. The first-order valence-corrected chi connectivity index (χ1v) is 8.34. The van der Waals surface area contributed by atoms with Crippen LogP contribution in [0.1, 0.15) is 26.2 Å². The molecule has 23 heavy (non-hydrogen) atoms. The van der Waals surface area contributed by atoms with Gasteiger partial charge in [-0.2, -0.15) is 10.4 Å². The fraction of sp³-hybridized carbons (Fsp3) is 0.500. The van der Waals surface area contributed by atoms with Gasteiger partial charge in [0.05, 0.1) is 12.7 Å². The van der Waals surface area contributed by atoms with Gasteiger partial charge in [-0.15, -0.1) is 0 Å². The summed E-state index contributed by atoms with van der Waals surface area (Å²) in [7, 11) is 0. The molecule has 2 heterocycles. The average Bonchev–Trinajstić information content (AvgIpc) is 3.37. The van der Waals surface area contributed by atoms with Crippen LogP contribution < -0.4 is 0 Å². The lowest BCUT2D eigenvalue weighted by molar-refractivity contribution is 0.199. The lowest BCUT2D eigenvalue weighted by Crippen LogP contribution is -2.30. The molecule has 0 atom stereocenters. The monoisotopic (exact) mass is 328 g/mol. The van der Waals surface area contributed by atoms with Crippen molar-refractivity contribution in [2.45, 2.75) is 45.4 Å². The molecule has 0 aromatic carbocycles. The molecule has 0 amide bonds. The normalized spacial score (nSPS) is 14.1. The SMILES string of the molecule is CCn1c(-c2ccncc2)nn(CN(CCC#N)C2CC2)c1=S. The maximum Gasteiger partial charge on any atom is 0.199 e. The molecule has 1 aliphatic carbocycles. The highest BCUT2D eigenvalue weighted by Crippen LogP contribution is 2.27. The molecule has 0 bridgehead atoms. The van der Waals surface area contributed by atoms with Crippen molar-refractivity contribution in [3.63, 3.8) is 0 Å². The van der Waals surface area contributed by atoms with Crippen molar-refractivity contribution in [2.75, 3.05) is 6.54 Å². The van der Waals surface area contributed by atoms with Crippen molar-refractivity contribution in [3.05, 3.63) is 29.3 Å². The molecule has 0 radical (unpaired) electrons. The van der Waals surface area contributed by atoms with Crippen LogP contribution in [0.3, 0.4) is 0 Å². The van der Waals surface area contributed by atoms with Crippen molar-refractivity contribution in [1.29, 1.82) is 5.26 Å². The Morgan fingerprint density at radius 1 is 1.39 bits per heavy atom. The molecule has 1 saturated carbocycles. The molecule has 1 fully saturated rings. The summed E-state index contributed by atoms with van der Waals surface area (Å²) in [6.07, 6.45) is 6.46. The second kappa shape index (κ2) is 7.02. The summed E-state index contributed by atoms with van der Waals surface area (Å²) in [5.74, 6) is 0.871. The molecule has 7 heteroatoms. The Balaban J connectivity index is 1.89. The minimum absolute atomic E-state index is 0.537. The number of hydrogen-bond acceptors (Lipinski definition) is 5. The van der Waals surface area contributed by atoms with Crippen LogP contribution in [-0.2, 0) is 13.2 Å². The lowest BCUT2D eigenvalue weighted by atomic mass is 10.2. The number of aromatic nitrogens is 4. The van der Waals surface area contributed by atoms with E-state index in [0.717, 1.165) is 29.2 Å². The average molecular weight is 328 g/mol. The summed E-state index contributed by atoms with van der Waals surface area (Å²) in [6, 6.07) is 6.69. The van der Waals surface area contributed by atoms with Crippen LogP contribution in [0.25, 0.3) is 11.4 Å². The Hall–Kier alpha value is -2.04. The maximum atomic E-state index is 8.84. The van der Waals surface area contributed by atoms with Crippen LogP contribution in [0.15, 0.2) is 24.5 Å². The molecule has 0 unspecified atom stereocenters. The summed E-state index contributed by atoms with van der Waals surface area (Å²) < 4.78 is 4.64. The number of nitrogens with zero attached hydrogens (tertiary/aromatic N) is 6. The molecular weight excluding hydrogens is 308 g/mol. The van der Waals surface area contributed by atoms with Gasteiger partial charge in [0.2, 0.25) is 0 Å². The van der Waals surface area contributed by atoms with E-state index in [1.54, 1.807) is 12.4 Å². The molecular formula is C16H20N6S. The van der Waals surface area contributed by atoms with Gasteiger partial charge in [-0.05, 0) is 44.1 Å². The zero-order valence-electron chi connectivity index (χ0n) is 13.2. The van der Waals surface area contributed by atoms with Crippen LogP contribution in [0, 0.1) is 16.1 Å². The van der Waals surface area contributed by atoms with Crippen molar-refractivity contribution in [3.8, 4) is 17.5 Å². The largest absolute Gasteiger partial charge is 0.300 e. The van der Waals surface area contributed by atoms with E-state index in [0.29, 0.717) is 19.1 Å². The lowest BCUT2D eigenvalue weighted by Gasteiger charge is -2.20. The van der Waals surface area contributed by atoms with Crippen molar-refractivity contribution < 1.29 is 0 Å². The van der Waals surface area contributed by atoms with Crippen LogP contribution in [0.2, 0.25) is 0 Å². The first-order chi connectivity index (χ1) is 11.2.